The van der Waals surface area contributed by atoms with Gasteiger partial charge >= 0.3 is 5.97 Å². The summed E-state index contributed by atoms with van der Waals surface area (Å²) >= 11 is 0. The van der Waals surface area contributed by atoms with Crippen LogP contribution in [-0.4, -0.2) is 40.6 Å². The number of furan rings is 1. The summed E-state index contributed by atoms with van der Waals surface area (Å²) in [5.74, 6) is -0.525. The number of sulfone groups is 1. The summed E-state index contributed by atoms with van der Waals surface area (Å²) in [6.07, 6.45) is 0.511. The standard InChI is InChI=1S/C16H16O7S/c1-4-24(19,20)15-8-12(16(18)22-3)14(21-2)7-11(15)13-6-5-10(9-17)23-13/h5-9H,4H2,1-3H3. The zero-order chi connectivity index (χ0) is 17.9. The van der Waals surface area contributed by atoms with Crippen LogP contribution in [-0.2, 0) is 14.6 Å². The molecule has 7 nitrogen and oxygen atoms in total. The average molecular weight is 352 g/mol. The normalized spacial score (nSPS) is 11.1. The highest BCUT2D eigenvalue weighted by molar-refractivity contribution is 7.91. The van der Waals surface area contributed by atoms with E-state index in [1.54, 1.807) is 0 Å². The van der Waals surface area contributed by atoms with Crippen molar-refractivity contribution in [1.82, 2.24) is 0 Å². The summed E-state index contributed by atoms with van der Waals surface area (Å²) < 4.78 is 40.0. The Balaban J connectivity index is 2.81. The largest absolute Gasteiger partial charge is 0.496 e. The topological polar surface area (TPSA) is 99.9 Å². The van der Waals surface area contributed by atoms with Gasteiger partial charge in [-0.25, -0.2) is 13.2 Å². The number of aldehydes is 1. The van der Waals surface area contributed by atoms with Crippen LogP contribution in [0.3, 0.4) is 0 Å². The molecule has 1 aromatic heterocycles. The van der Waals surface area contributed by atoms with Crippen molar-refractivity contribution in [1.29, 1.82) is 0 Å². The van der Waals surface area contributed by atoms with Gasteiger partial charge in [0.1, 0.15) is 17.1 Å². The molecule has 0 fully saturated rings. The smallest absolute Gasteiger partial charge is 0.341 e. The third-order valence-electron chi connectivity index (χ3n) is 3.43. The number of esters is 1. The number of hydrogen-bond donors (Lipinski definition) is 0. The first-order valence-electron chi connectivity index (χ1n) is 6.96. The molecule has 0 unspecified atom stereocenters. The van der Waals surface area contributed by atoms with E-state index in [1.165, 1.54) is 45.4 Å². The Labute approximate surface area is 139 Å². The Bertz CT molecular complexity index is 878. The van der Waals surface area contributed by atoms with Crippen molar-refractivity contribution in [2.75, 3.05) is 20.0 Å². The number of benzene rings is 1. The van der Waals surface area contributed by atoms with Gasteiger partial charge in [-0.15, -0.1) is 0 Å². The van der Waals surface area contributed by atoms with Crippen molar-refractivity contribution in [2.24, 2.45) is 0 Å². The lowest BCUT2D eigenvalue weighted by atomic mass is 10.1. The van der Waals surface area contributed by atoms with Gasteiger partial charge in [0.15, 0.2) is 21.9 Å². The first kappa shape index (κ1) is 17.7. The van der Waals surface area contributed by atoms with Crippen LogP contribution in [0.4, 0.5) is 0 Å². The van der Waals surface area contributed by atoms with Crippen molar-refractivity contribution >= 4 is 22.1 Å². The zero-order valence-electron chi connectivity index (χ0n) is 13.4. The van der Waals surface area contributed by atoms with Gasteiger partial charge in [-0.2, -0.15) is 0 Å². The van der Waals surface area contributed by atoms with Crippen molar-refractivity contribution in [3.05, 3.63) is 35.6 Å². The van der Waals surface area contributed by atoms with E-state index < -0.39 is 15.8 Å². The van der Waals surface area contributed by atoms with Gasteiger partial charge in [0.05, 0.1) is 24.9 Å². The fraction of sp³-hybridized carbons (Fsp3) is 0.250. The van der Waals surface area contributed by atoms with Gasteiger partial charge in [0.2, 0.25) is 0 Å². The summed E-state index contributed by atoms with van der Waals surface area (Å²) in [5, 5.41) is 0. The quantitative estimate of drug-likeness (QED) is 0.581. The van der Waals surface area contributed by atoms with E-state index >= 15 is 0 Å². The number of methoxy groups -OCH3 is 2. The lowest BCUT2D eigenvalue weighted by Crippen LogP contribution is -2.10. The minimum atomic E-state index is -3.68. The first-order chi connectivity index (χ1) is 11.4. The van der Waals surface area contributed by atoms with Crippen LogP contribution in [0.2, 0.25) is 0 Å². The van der Waals surface area contributed by atoms with Crippen molar-refractivity contribution in [3.8, 4) is 17.1 Å². The molecule has 2 rings (SSSR count). The van der Waals surface area contributed by atoms with Crippen LogP contribution in [0.1, 0.15) is 27.8 Å². The molecule has 0 spiro atoms. The molecule has 8 heteroatoms. The summed E-state index contributed by atoms with van der Waals surface area (Å²) in [6.45, 7) is 1.49. The first-order valence-corrected chi connectivity index (χ1v) is 8.61. The molecular weight excluding hydrogens is 336 g/mol. The highest BCUT2D eigenvalue weighted by Crippen LogP contribution is 2.35. The number of ether oxygens (including phenoxy) is 2. The Morgan fingerprint density at radius 1 is 1.25 bits per heavy atom. The second kappa shape index (κ2) is 6.88. The van der Waals surface area contributed by atoms with Crippen molar-refractivity contribution in [3.63, 3.8) is 0 Å². The fourth-order valence-electron chi connectivity index (χ4n) is 2.16. The summed E-state index contributed by atoms with van der Waals surface area (Å²) in [6, 6.07) is 5.47. The predicted molar refractivity (Wildman–Crippen MR) is 85.1 cm³/mol. The molecule has 1 aromatic carbocycles. The lowest BCUT2D eigenvalue weighted by molar-refractivity contribution is 0.0596. The van der Waals surface area contributed by atoms with E-state index in [2.05, 4.69) is 4.74 Å². The van der Waals surface area contributed by atoms with E-state index in [0.29, 0.717) is 6.29 Å². The molecule has 0 radical (unpaired) electrons. The Hall–Kier alpha value is -2.61. The van der Waals surface area contributed by atoms with Gasteiger partial charge in [-0.05, 0) is 24.3 Å². The molecule has 0 saturated heterocycles. The van der Waals surface area contributed by atoms with E-state index in [4.69, 9.17) is 9.15 Å². The minimum absolute atomic E-state index is 0.0158. The molecule has 24 heavy (non-hydrogen) atoms. The van der Waals surface area contributed by atoms with Crippen LogP contribution < -0.4 is 4.74 Å². The number of hydrogen-bond acceptors (Lipinski definition) is 7. The molecule has 0 atom stereocenters. The van der Waals surface area contributed by atoms with Crippen LogP contribution in [0, 0.1) is 0 Å². The Morgan fingerprint density at radius 2 is 1.96 bits per heavy atom. The minimum Gasteiger partial charge on any atom is -0.496 e. The molecule has 128 valence electrons. The molecule has 0 amide bonds. The highest BCUT2D eigenvalue weighted by atomic mass is 32.2. The second-order valence-corrected chi connectivity index (χ2v) is 7.01. The molecule has 2 aromatic rings. The zero-order valence-corrected chi connectivity index (χ0v) is 14.2. The number of rotatable bonds is 6. The monoisotopic (exact) mass is 352 g/mol. The third-order valence-corrected chi connectivity index (χ3v) is 5.20. The van der Waals surface area contributed by atoms with Crippen LogP contribution in [0.5, 0.6) is 5.75 Å². The fourth-order valence-corrected chi connectivity index (χ4v) is 3.27. The summed E-state index contributed by atoms with van der Waals surface area (Å²) in [5.41, 5.74) is 0.187. The van der Waals surface area contributed by atoms with Crippen molar-refractivity contribution < 1.29 is 31.9 Å². The van der Waals surface area contributed by atoms with Gasteiger partial charge < -0.3 is 13.9 Å². The SMILES string of the molecule is CCS(=O)(=O)c1cc(C(=O)OC)c(OC)cc1-c1ccc(C=O)o1. The van der Waals surface area contributed by atoms with Crippen molar-refractivity contribution in [2.45, 2.75) is 11.8 Å². The van der Waals surface area contributed by atoms with Crippen LogP contribution in [0.25, 0.3) is 11.3 Å². The van der Waals surface area contributed by atoms with Crippen LogP contribution in [0.15, 0.2) is 33.6 Å². The predicted octanol–water partition coefficient (Wildman–Crippen LogP) is 2.35. The number of carbonyl (C=O) groups is 2. The molecule has 0 bridgehead atoms. The Kier molecular flexibility index (Phi) is 5.08. The van der Waals surface area contributed by atoms with E-state index in [1.807, 2.05) is 0 Å². The molecular formula is C16H16O7S. The van der Waals surface area contributed by atoms with Gasteiger partial charge in [-0.1, -0.05) is 6.92 Å². The van der Waals surface area contributed by atoms with Gasteiger partial charge in [-0.3, -0.25) is 4.79 Å². The molecule has 0 saturated carbocycles. The molecule has 0 aliphatic rings. The van der Waals surface area contributed by atoms with E-state index in [0.717, 1.165) is 0 Å². The second-order valence-electron chi connectivity index (χ2n) is 4.76. The Morgan fingerprint density at radius 3 is 2.46 bits per heavy atom. The van der Waals surface area contributed by atoms with Gasteiger partial charge in [0.25, 0.3) is 0 Å². The van der Waals surface area contributed by atoms with Gasteiger partial charge in [0, 0.05) is 5.56 Å². The van der Waals surface area contributed by atoms with E-state index in [-0.39, 0.29) is 39.0 Å². The molecule has 0 aliphatic carbocycles. The maximum absolute atomic E-state index is 12.4. The summed E-state index contributed by atoms with van der Waals surface area (Å²) in [7, 11) is -1.14. The molecule has 1 heterocycles. The molecule has 0 aliphatic heterocycles. The number of carbonyl (C=O) groups excluding carboxylic acids is 2. The van der Waals surface area contributed by atoms with Crippen LogP contribution >= 0.6 is 0 Å². The maximum atomic E-state index is 12.4. The maximum Gasteiger partial charge on any atom is 0.341 e. The van der Waals surface area contributed by atoms with E-state index in [9.17, 15) is 18.0 Å². The third kappa shape index (κ3) is 3.18. The lowest BCUT2D eigenvalue weighted by Gasteiger charge is -2.13. The average Bonchev–Trinajstić information content (AvgIpc) is 3.08. The highest BCUT2D eigenvalue weighted by Gasteiger charge is 2.25. The summed E-state index contributed by atoms with van der Waals surface area (Å²) in [4.78, 5) is 22.6. The molecule has 0 N–H and O–H groups in total.